The van der Waals surface area contributed by atoms with Crippen LogP contribution in [0, 0.1) is 22.7 Å². The molecular formula is C17H34N2. The highest BCUT2D eigenvalue weighted by Gasteiger charge is 2.38. The van der Waals surface area contributed by atoms with Gasteiger partial charge in [0.15, 0.2) is 0 Å². The van der Waals surface area contributed by atoms with Gasteiger partial charge in [-0.25, -0.2) is 0 Å². The van der Waals surface area contributed by atoms with Gasteiger partial charge in [0, 0.05) is 13.1 Å². The van der Waals surface area contributed by atoms with Gasteiger partial charge in [0.1, 0.15) is 0 Å². The largest absolute Gasteiger partial charge is 0.330 e. The SMILES string of the molecule is CC1CCC(CN)(CN2CCC(C(C)(C)C)C2)CC1. The molecule has 19 heavy (non-hydrogen) atoms. The molecule has 1 saturated carbocycles. The number of hydrogen-bond acceptors (Lipinski definition) is 2. The quantitative estimate of drug-likeness (QED) is 0.847. The van der Waals surface area contributed by atoms with Gasteiger partial charge in [0.25, 0.3) is 0 Å². The monoisotopic (exact) mass is 266 g/mol. The number of likely N-dealkylation sites (tertiary alicyclic amines) is 1. The van der Waals surface area contributed by atoms with Gasteiger partial charge < -0.3 is 10.6 Å². The lowest BCUT2D eigenvalue weighted by molar-refractivity contribution is 0.101. The molecule has 112 valence electrons. The van der Waals surface area contributed by atoms with Crippen molar-refractivity contribution in [1.82, 2.24) is 4.90 Å². The topological polar surface area (TPSA) is 29.3 Å². The summed E-state index contributed by atoms with van der Waals surface area (Å²) >= 11 is 0. The minimum absolute atomic E-state index is 0.430. The lowest BCUT2D eigenvalue weighted by Crippen LogP contribution is -2.44. The Hall–Kier alpha value is -0.0800. The predicted molar refractivity (Wildman–Crippen MR) is 83.1 cm³/mol. The van der Waals surface area contributed by atoms with Gasteiger partial charge in [0.2, 0.25) is 0 Å². The molecule has 1 atom stereocenters. The van der Waals surface area contributed by atoms with Gasteiger partial charge in [-0.2, -0.15) is 0 Å². The van der Waals surface area contributed by atoms with Gasteiger partial charge in [-0.15, -0.1) is 0 Å². The average Bonchev–Trinajstić information content (AvgIpc) is 2.81. The summed E-state index contributed by atoms with van der Waals surface area (Å²) in [5, 5.41) is 0. The maximum atomic E-state index is 6.16. The minimum atomic E-state index is 0.430. The number of nitrogens with two attached hydrogens (primary N) is 1. The molecule has 1 unspecified atom stereocenters. The molecule has 1 saturated heterocycles. The van der Waals surface area contributed by atoms with Crippen molar-refractivity contribution in [2.24, 2.45) is 28.4 Å². The Morgan fingerprint density at radius 2 is 1.79 bits per heavy atom. The van der Waals surface area contributed by atoms with E-state index in [4.69, 9.17) is 5.73 Å². The highest BCUT2D eigenvalue weighted by Crippen LogP contribution is 2.41. The molecule has 0 bridgehead atoms. The van der Waals surface area contributed by atoms with Crippen LogP contribution in [-0.4, -0.2) is 31.1 Å². The van der Waals surface area contributed by atoms with E-state index in [0.29, 0.717) is 10.8 Å². The fourth-order valence-electron chi connectivity index (χ4n) is 3.96. The van der Waals surface area contributed by atoms with E-state index in [2.05, 4.69) is 32.6 Å². The molecule has 0 spiro atoms. The van der Waals surface area contributed by atoms with Crippen LogP contribution < -0.4 is 5.73 Å². The first-order valence-electron chi connectivity index (χ1n) is 8.27. The van der Waals surface area contributed by atoms with Crippen LogP contribution in [0.4, 0.5) is 0 Å². The van der Waals surface area contributed by atoms with Crippen molar-refractivity contribution < 1.29 is 0 Å². The van der Waals surface area contributed by atoms with Gasteiger partial charge in [0.05, 0.1) is 0 Å². The maximum absolute atomic E-state index is 6.16. The summed E-state index contributed by atoms with van der Waals surface area (Å²) < 4.78 is 0. The Labute approximate surface area is 120 Å². The van der Waals surface area contributed by atoms with E-state index in [9.17, 15) is 0 Å². The zero-order valence-corrected chi connectivity index (χ0v) is 13.5. The molecule has 1 aliphatic carbocycles. The van der Waals surface area contributed by atoms with Crippen molar-refractivity contribution in [3.05, 3.63) is 0 Å². The summed E-state index contributed by atoms with van der Waals surface area (Å²) in [4.78, 5) is 2.71. The van der Waals surface area contributed by atoms with Crippen molar-refractivity contribution in [2.45, 2.75) is 59.8 Å². The number of rotatable bonds is 3. The first kappa shape index (κ1) is 15.3. The van der Waals surface area contributed by atoms with E-state index in [0.717, 1.165) is 18.4 Å². The summed E-state index contributed by atoms with van der Waals surface area (Å²) in [5.41, 5.74) is 7.05. The smallest absolute Gasteiger partial charge is 0.00502 e. The third-order valence-electron chi connectivity index (χ3n) is 5.82. The predicted octanol–water partition coefficient (Wildman–Crippen LogP) is 3.51. The number of nitrogens with zero attached hydrogens (tertiary/aromatic N) is 1. The fraction of sp³-hybridized carbons (Fsp3) is 1.00. The summed E-state index contributed by atoms with van der Waals surface area (Å²) in [6, 6.07) is 0. The lowest BCUT2D eigenvalue weighted by atomic mass is 9.70. The molecule has 0 aromatic heterocycles. The van der Waals surface area contributed by atoms with Crippen molar-refractivity contribution in [1.29, 1.82) is 0 Å². The van der Waals surface area contributed by atoms with Crippen molar-refractivity contribution in [3.8, 4) is 0 Å². The van der Waals surface area contributed by atoms with E-state index in [1.165, 1.54) is 51.7 Å². The first-order valence-corrected chi connectivity index (χ1v) is 8.27. The standard InChI is InChI=1S/C17H34N2/c1-14-5-8-17(12-18,9-6-14)13-19-10-7-15(11-19)16(2,3)4/h14-15H,5-13,18H2,1-4H3. The Kier molecular flexibility index (Phi) is 4.62. The molecular weight excluding hydrogens is 232 g/mol. The van der Waals surface area contributed by atoms with Gasteiger partial charge in [-0.3, -0.25) is 0 Å². The molecule has 1 heterocycles. The Balaban J connectivity index is 1.90. The van der Waals surface area contributed by atoms with Crippen LogP contribution in [0.3, 0.4) is 0 Å². The van der Waals surface area contributed by atoms with Crippen molar-refractivity contribution in [2.75, 3.05) is 26.2 Å². The van der Waals surface area contributed by atoms with Crippen LogP contribution in [0.25, 0.3) is 0 Å². The van der Waals surface area contributed by atoms with Crippen molar-refractivity contribution >= 4 is 0 Å². The van der Waals surface area contributed by atoms with Gasteiger partial charge in [-0.1, -0.05) is 40.5 Å². The molecule has 2 nitrogen and oxygen atoms in total. The molecule has 2 fully saturated rings. The van der Waals surface area contributed by atoms with Crippen LogP contribution in [0.2, 0.25) is 0 Å². The van der Waals surface area contributed by atoms with Crippen molar-refractivity contribution in [3.63, 3.8) is 0 Å². The van der Waals surface area contributed by atoms with Crippen LogP contribution >= 0.6 is 0 Å². The van der Waals surface area contributed by atoms with Gasteiger partial charge >= 0.3 is 0 Å². The highest BCUT2D eigenvalue weighted by atomic mass is 15.2. The Morgan fingerprint density at radius 3 is 2.26 bits per heavy atom. The van der Waals surface area contributed by atoms with E-state index >= 15 is 0 Å². The summed E-state index contributed by atoms with van der Waals surface area (Å²) in [6.07, 6.45) is 6.84. The molecule has 2 heteroatoms. The second-order valence-corrected chi connectivity index (χ2v) is 8.47. The first-order chi connectivity index (χ1) is 8.85. The molecule has 0 radical (unpaired) electrons. The molecule has 2 N–H and O–H groups in total. The molecule has 0 aromatic carbocycles. The average molecular weight is 266 g/mol. The molecule has 0 amide bonds. The zero-order chi connectivity index (χ0) is 14.1. The summed E-state index contributed by atoms with van der Waals surface area (Å²) in [6.45, 7) is 14.3. The van der Waals surface area contributed by atoms with Gasteiger partial charge in [-0.05, 0) is 55.0 Å². The molecule has 2 aliphatic rings. The highest BCUT2D eigenvalue weighted by molar-refractivity contribution is 4.92. The van der Waals surface area contributed by atoms with E-state index in [1.54, 1.807) is 0 Å². The van der Waals surface area contributed by atoms with Crippen LogP contribution in [0.15, 0.2) is 0 Å². The third kappa shape index (κ3) is 3.72. The van der Waals surface area contributed by atoms with Crippen LogP contribution in [0.5, 0.6) is 0 Å². The normalized spacial score (nSPS) is 37.7. The van der Waals surface area contributed by atoms with E-state index in [1.807, 2.05) is 0 Å². The molecule has 0 aromatic rings. The molecule has 2 rings (SSSR count). The van der Waals surface area contributed by atoms with Crippen LogP contribution in [-0.2, 0) is 0 Å². The fourth-order valence-corrected chi connectivity index (χ4v) is 3.96. The minimum Gasteiger partial charge on any atom is -0.330 e. The summed E-state index contributed by atoms with van der Waals surface area (Å²) in [5.74, 6) is 1.78. The number of hydrogen-bond donors (Lipinski definition) is 1. The summed E-state index contributed by atoms with van der Waals surface area (Å²) in [7, 11) is 0. The molecule has 1 aliphatic heterocycles. The Bertz CT molecular complexity index is 284. The second kappa shape index (κ2) is 5.73. The lowest BCUT2D eigenvalue weighted by Gasteiger charge is -2.41. The Morgan fingerprint density at radius 1 is 1.16 bits per heavy atom. The third-order valence-corrected chi connectivity index (χ3v) is 5.82. The van der Waals surface area contributed by atoms with E-state index < -0.39 is 0 Å². The zero-order valence-electron chi connectivity index (χ0n) is 13.5. The maximum Gasteiger partial charge on any atom is 0.00502 e. The second-order valence-electron chi connectivity index (χ2n) is 8.47. The van der Waals surface area contributed by atoms with Crippen LogP contribution in [0.1, 0.15) is 59.8 Å². The van der Waals surface area contributed by atoms with E-state index in [-0.39, 0.29) is 0 Å².